The molecule has 0 atom stereocenters. The van der Waals surface area contributed by atoms with E-state index in [2.05, 4.69) is 0 Å². The number of hydrogen-bond donors (Lipinski definition) is 0. The molecule has 0 fully saturated rings. The molecule has 13 heavy (non-hydrogen) atoms. The van der Waals surface area contributed by atoms with Crippen LogP contribution in [0.4, 0.5) is 13.2 Å². The molecule has 1 rings (SSSR count). The van der Waals surface area contributed by atoms with Gasteiger partial charge < -0.3 is 0 Å². The minimum absolute atomic E-state index is 0.636. The zero-order valence-electron chi connectivity index (χ0n) is 5.80. The first kappa shape index (κ1) is 10.8. The van der Waals surface area contributed by atoms with Crippen molar-refractivity contribution in [2.24, 2.45) is 0 Å². The van der Waals surface area contributed by atoms with Gasteiger partial charge in [0.2, 0.25) is 0 Å². The summed E-state index contributed by atoms with van der Waals surface area (Å²) in [4.78, 5) is -0.883. The van der Waals surface area contributed by atoms with Gasteiger partial charge in [-0.15, -0.1) is 0 Å². The van der Waals surface area contributed by atoms with E-state index in [1.165, 1.54) is 0 Å². The monoisotopic (exact) mass is 250 g/mol. The second kappa shape index (κ2) is 3.14. The van der Waals surface area contributed by atoms with Gasteiger partial charge in [-0.2, -0.15) is 24.5 Å². The summed E-state index contributed by atoms with van der Waals surface area (Å²) in [6.45, 7) is 0. The molecule has 0 saturated carbocycles. The lowest BCUT2D eigenvalue weighted by Gasteiger charge is -2.04. The molecule has 0 aliphatic carbocycles. The molecule has 1 aromatic heterocycles. The molecule has 1 aromatic rings. The van der Waals surface area contributed by atoms with Crippen LogP contribution in [0.3, 0.4) is 0 Å². The quantitative estimate of drug-likeness (QED) is 0.718. The highest BCUT2D eigenvalue weighted by atomic mass is 35.7. The Labute approximate surface area is 80.4 Å². The van der Waals surface area contributed by atoms with E-state index < -0.39 is 25.7 Å². The molecule has 1 heterocycles. The summed E-state index contributed by atoms with van der Waals surface area (Å²) in [5.41, 5.74) is -1.22. The van der Waals surface area contributed by atoms with Crippen LogP contribution in [0.2, 0.25) is 0 Å². The van der Waals surface area contributed by atoms with Gasteiger partial charge in [-0.25, -0.2) is 8.42 Å². The lowest BCUT2D eigenvalue weighted by atomic mass is 10.3. The van der Waals surface area contributed by atoms with Gasteiger partial charge in [-0.1, -0.05) is 0 Å². The van der Waals surface area contributed by atoms with Gasteiger partial charge >= 0.3 is 6.18 Å². The Hall–Kier alpha value is -0.270. The third-order valence-electron chi connectivity index (χ3n) is 1.19. The molecular weight excluding hydrogens is 249 g/mol. The Morgan fingerprint density at radius 3 is 2.15 bits per heavy atom. The SMILES string of the molecule is O=S(=O)(Cl)c1cscc1C(F)(F)F. The zero-order chi connectivity index (χ0) is 10.3. The first-order valence-corrected chi connectivity index (χ1v) is 6.06. The van der Waals surface area contributed by atoms with Crippen LogP contribution in [-0.4, -0.2) is 8.42 Å². The molecular formula is C5H2ClF3O2S2. The number of alkyl halides is 3. The average Bonchev–Trinajstić information content (AvgIpc) is 2.27. The molecule has 0 bridgehead atoms. The van der Waals surface area contributed by atoms with Crippen LogP contribution in [0, 0.1) is 0 Å². The lowest BCUT2D eigenvalue weighted by Crippen LogP contribution is -2.07. The van der Waals surface area contributed by atoms with E-state index in [1.54, 1.807) is 0 Å². The predicted molar refractivity (Wildman–Crippen MR) is 42.4 cm³/mol. The number of halogens is 4. The maximum atomic E-state index is 12.1. The molecule has 0 spiro atoms. The summed E-state index contributed by atoms with van der Waals surface area (Å²) in [6.07, 6.45) is -4.68. The van der Waals surface area contributed by atoms with Crippen molar-refractivity contribution in [3.63, 3.8) is 0 Å². The van der Waals surface area contributed by atoms with Crippen molar-refractivity contribution in [3.8, 4) is 0 Å². The van der Waals surface area contributed by atoms with Crippen LogP contribution < -0.4 is 0 Å². The Balaban J connectivity index is 3.35. The molecule has 2 nitrogen and oxygen atoms in total. The van der Waals surface area contributed by atoms with Gasteiger partial charge in [0.25, 0.3) is 9.05 Å². The van der Waals surface area contributed by atoms with Crippen LogP contribution in [0.5, 0.6) is 0 Å². The van der Waals surface area contributed by atoms with Gasteiger partial charge in [-0.3, -0.25) is 0 Å². The Morgan fingerprint density at radius 2 is 1.85 bits per heavy atom. The van der Waals surface area contributed by atoms with E-state index in [-0.39, 0.29) is 0 Å². The molecule has 74 valence electrons. The van der Waals surface area contributed by atoms with E-state index in [9.17, 15) is 21.6 Å². The zero-order valence-corrected chi connectivity index (χ0v) is 8.19. The van der Waals surface area contributed by atoms with Crippen LogP contribution in [0.1, 0.15) is 5.56 Å². The first-order valence-electron chi connectivity index (χ1n) is 2.81. The highest BCUT2D eigenvalue weighted by molar-refractivity contribution is 8.13. The molecule has 0 aliphatic heterocycles. The largest absolute Gasteiger partial charge is 0.418 e. The molecule has 8 heteroatoms. The molecule has 0 N–H and O–H groups in total. The summed E-state index contributed by atoms with van der Waals surface area (Å²) in [5.74, 6) is 0. The third kappa shape index (κ3) is 2.35. The Morgan fingerprint density at radius 1 is 1.31 bits per heavy atom. The van der Waals surface area contributed by atoms with E-state index in [4.69, 9.17) is 10.7 Å². The second-order valence-corrected chi connectivity index (χ2v) is 5.36. The summed E-state index contributed by atoms with van der Waals surface area (Å²) in [7, 11) is 0.479. The molecule has 0 radical (unpaired) electrons. The van der Waals surface area contributed by atoms with Gasteiger partial charge in [0.05, 0.1) is 5.56 Å². The van der Waals surface area contributed by atoms with Crippen molar-refractivity contribution in [1.82, 2.24) is 0 Å². The maximum absolute atomic E-state index is 12.1. The van der Waals surface area contributed by atoms with E-state index in [1.807, 2.05) is 0 Å². The maximum Gasteiger partial charge on any atom is 0.418 e. The lowest BCUT2D eigenvalue weighted by molar-refractivity contribution is -0.139. The van der Waals surface area contributed by atoms with Crippen LogP contribution in [-0.2, 0) is 15.2 Å². The average molecular weight is 251 g/mol. The Bertz CT molecular complexity index is 406. The summed E-state index contributed by atoms with van der Waals surface area (Å²) in [6, 6.07) is 0. The standard InChI is InChI=1S/C5H2ClF3O2S2/c6-13(10,11)4-2-12-1-3(4)5(7,8)9/h1-2H. The normalized spacial score (nSPS) is 13.2. The van der Waals surface area contributed by atoms with Crippen molar-refractivity contribution >= 4 is 31.1 Å². The van der Waals surface area contributed by atoms with Crippen LogP contribution in [0.15, 0.2) is 15.7 Å². The van der Waals surface area contributed by atoms with E-state index in [0.29, 0.717) is 16.7 Å². The summed E-state index contributed by atoms with van der Waals surface area (Å²) >= 11 is 0.636. The molecule has 0 unspecified atom stereocenters. The molecule has 0 amide bonds. The van der Waals surface area contributed by atoms with Crippen LogP contribution >= 0.6 is 22.0 Å². The molecule has 0 aromatic carbocycles. The fourth-order valence-electron chi connectivity index (χ4n) is 0.681. The first-order chi connectivity index (χ1) is 5.73. The Kier molecular flexibility index (Phi) is 2.61. The second-order valence-electron chi connectivity index (χ2n) is 2.09. The van der Waals surface area contributed by atoms with Crippen molar-refractivity contribution in [2.45, 2.75) is 11.1 Å². The summed E-state index contributed by atoms with van der Waals surface area (Å²) < 4.78 is 57.6. The highest BCUT2D eigenvalue weighted by Gasteiger charge is 2.37. The van der Waals surface area contributed by atoms with Gasteiger partial charge in [0, 0.05) is 21.4 Å². The predicted octanol–water partition coefficient (Wildman–Crippen LogP) is 2.69. The summed E-state index contributed by atoms with van der Waals surface area (Å²) in [5, 5.41) is 1.56. The minimum Gasteiger partial charge on any atom is -0.207 e. The minimum atomic E-state index is -4.68. The number of hydrogen-bond acceptors (Lipinski definition) is 3. The van der Waals surface area contributed by atoms with Gasteiger partial charge in [0.1, 0.15) is 4.90 Å². The van der Waals surface area contributed by atoms with Crippen molar-refractivity contribution in [1.29, 1.82) is 0 Å². The van der Waals surface area contributed by atoms with E-state index >= 15 is 0 Å². The number of rotatable bonds is 1. The molecule has 0 saturated heterocycles. The van der Waals surface area contributed by atoms with Crippen LogP contribution in [0.25, 0.3) is 0 Å². The van der Waals surface area contributed by atoms with Crippen molar-refractivity contribution in [3.05, 3.63) is 16.3 Å². The van der Waals surface area contributed by atoms with Crippen molar-refractivity contribution in [2.75, 3.05) is 0 Å². The van der Waals surface area contributed by atoms with Gasteiger partial charge in [0.15, 0.2) is 0 Å². The van der Waals surface area contributed by atoms with E-state index in [0.717, 1.165) is 5.38 Å². The fourth-order valence-corrected chi connectivity index (χ4v) is 3.11. The third-order valence-corrected chi connectivity index (χ3v) is 3.45. The smallest absolute Gasteiger partial charge is 0.207 e. The topological polar surface area (TPSA) is 34.1 Å². The highest BCUT2D eigenvalue weighted by Crippen LogP contribution is 2.37. The fraction of sp³-hybridized carbons (Fsp3) is 0.200. The van der Waals surface area contributed by atoms with Gasteiger partial charge in [-0.05, 0) is 0 Å². The molecule has 0 aliphatic rings. The number of thiophene rings is 1. The van der Waals surface area contributed by atoms with Crippen molar-refractivity contribution < 1.29 is 21.6 Å².